The number of carbonyl (C=O) groups is 2. The predicted octanol–water partition coefficient (Wildman–Crippen LogP) is 4.47. The van der Waals surface area contributed by atoms with Crippen molar-refractivity contribution in [2.24, 2.45) is 22.7 Å². The van der Waals surface area contributed by atoms with Gasteiger partial charge in [-0.25, -0.2) is 4.79 Å². The summed E-state index contributed by atoms with van der Waals surface area (Å²) in [5.41, 5.74) is 1.80. The van der Waals surface area contributed by atoms with Crippen LogP contribution >= 0.6 is 0 Å². The van der Waals surface area contributed by atoms with E-state index in [1.807, 2.05) is 6.08 Å². The molecular weight excluding hydrogens is 288 g/mol. The highest BCUT2D eigenvalue weighted by Crippen LogP contribution is 2.59. The van der Waals surface area contributed by atoms with Crippen molar-refractivity contribution < 1.29 is 14.3 Å². The van der Waals surface area contributed by atoms with Gasteiger partial charge in [-0.3, -0.25) is 0 Å². The SMILES string of the molecule is CCOC(=O)/C(C)=C/C1=CC[C@H]2C(C)(C)CCC[C@]2(C)[C@H]1C=O. The molecule has 0 amide bonds. The van der Waals surface area contributed by atoms with Crippen molar-refractivity contribution >= 4 is 12.3 Å². The van der Waals surface area contributed by atoms with Crippen LogP contribution in [-0.4, -0.2) is 18.9 Å². The highest BCUT2D eigenvalue weighted by Gasteiger charge is 2.52. The van der Waals surface area contributed by atoms with Crippen LogP contribution in [0.2, 0.25) is 0 Å². The van der Waals surface area contributed by atoms with E-state index in [9.17, 15) is 9.59 Å². The van der Waals surface area contributed by atoms with E-state index in [0.29, 0.717) is 18.1 Å². The number of hydrogen-bond acceptors (Lipinski definition) is 3. The second-order valence-electron chi connectivity index (χ2n) is 8.00. The van der Waals surface area contributed by atoms with Gasteiger partial charge in [-0.15, -0.1) is 0 Å². The van der Waals surface area contributed by atoms with Crippen molar-refractivity contribution in [3.05, 3.63) is 23.3 Å². The molecule has 3 nitrogen and oxygen atoms in total. The van der Waals surface area contributed by atoms with Crippen LogP contribution in [0.4, 0.5) is 0 Å². The summed E-state index contributed by atoms with van der Waals surface area (Å²) in [7, 11) is 0. The molecule has 3 heteroatoms. The van der Waals surface area contributed by atoms with E-state index in [-0.39, 0.29) is 22.7 Å². The summed E-state index contributed by atoms with van der Waals surface area (Å²) in [5.74, 6) is 0.0819. The molecule has 0 N–H and O–H groups in total. The fourth-order valence-electron chi connectivity index (χ4n) is 4.82. The Morgan fingerprint density at radius 3 is 2.65 bits per heavy atom. The predicted molar refractivity (Wildman–Crippen MR) is 91.9 cm³/mol. The van der Waals surface area contributed by atoms with E-state index in [4.69, 9.17) is 4.74 Å². The summed E-state index contributed by atoms with van der Waals surface area (Å²) in [6, 6.07) is 0. The van der Waals surface area contributed by atoms with Crippen molar-refractivity contribution in [3.63, 3.8) is 0 Å². The number of hydrogen-bond donors (Lipinski definition) is 0. The summed E-state index contributed by atoms with van der Waals surface area (Å²) in [6.07, 6.45) is 9.57. The number of aldehydes is 1. The highest BCUT2D eigenvalue weighted by molar-refractivity contribution is 5.88. The second kappa shape index (κ2) is 6.62. The summed E-state index contributed by atoms with van der Waals surface area (Å²) >= 11 is 0. The molecule has 0 heterocycles. The Balaban J connectivity index is 2.36. The standard InChI is InChI=1S/C20H30O3/c1-6-23-18(22)14(2)12-15-8-9-17-19(3,4)10-7-11-20(17,5)16(15)13-21/h8,12-13,16-17H,6-7,9-11H2,1-5H3/b14-12+/t16-,17-,20+/m0/s1. The van der Waals surface area contributed by atoms with Crippen LogP contribution in [0.15, 0.2) is 23.3 Å². The Morgan fingerprint density at radius 1 is 1.35 bits per heavy atom. The molecule has 2 aliphatic rings. The number of rotatable bonds is 4. The van der Waals surface area contributed by atoms with Gasteiger partial charge in [0.15, 0.2) is 0 Å². The first-order valence-corrected chi connectivity index (χ1v) is 8.77. The molecule has 0 aromatic heterocycles. The first-order valence-electron chi connectivity index (χ1n) is 8.77. The lowest BCUT2D eigenvalue weighted by Crippen LogP contribution is -2.49. The van der Waals surface area contributed by atoms with Gasteiger partial charge >= 0.3 is 5.97 Å². The minimum Gasteiger partial charge on any atom is -0.463 e. The molecule has 3 atom stereocenters. The lowest BCUT2D eigenvalue weighted by Gasteiger charge is -2.55. The van der Waals surface area contributed by atoms with Crippen LogP contribution in [0.1, 0.15) is 60.3 Å². The van der Waals surface area contributed by atoms with Gasteiger partial charge in [-0.05, 0) is 61.5 Å². The monoisotopic (exact) mass is 318 g/mol. The van der Waals surface area contributed by atoms with Gasteiger partial charge in [0.25, 0.3) is 0 Å². The van der Waals surface area contributed by atoms with Crippen LogP contribution < -0.4 is 0 Å². The van der Waals surface area contributed by atoms with Crippen molar-refractivity contribution in [2.75, 3.05) is 6.61 Å². The van der Waals surface area contributed by atoms with E-state index in [1.54, 1.807) is 13.8 Å². The maximum absolute atomic E-state index is 11.9. The first-order chi connectivity index (χ1) is 10.8. The average molecular weight is 318 g/mol. The molecule has 0 aromatic rings. The Labute approximate surface area is 140 Å². The van der Waals surface area contributed by atoms with Crippen LogP contribution in [-0.2, 0) is 14.3 Å². The van der Waals surface area contributed by atoms with Crippen LogP contribution in [0, 0.1) is 22.7 Å². The number of fused-ring (bicyclic) bond motifs is 1. The molecule has 2 aliphatic carbocycles. The molecular formula is C20H30O3. The van der Waals surface area contributed by atoms with Crippen molar-refractivity contribution in [3.8, 4) is 0 Å². The fraction of sp³-hybridized carbons (Fsp3) is 0.700. The summed E-state index contributed by atoms with van der Waals surface area (Å²) < 4.78 is 5.06. The van der Waals surface area contributed by atoms with Crippen molar-refractivity contribution in [2.45, 2.75) is 60.3 Å². The second-order valence-corrected chi connectivity index (χ2v) is 8.00. The molecule has 0 saturated heterocycles. The first kappa shape index (κ1) is 18.0. The van der Waals surface area contributed by atoms with Gasteiger partial charge in [0.05, 0.1) is 6.61 Å². The normalized spacial score (nSPS) is 33.4. The minimum atomic E-state index is -0.297. The molecule has 1 fully saturated rings. The third-order valence-electron chi connectivity index (χ3n) is 6.05. The van der Waals surface area contributed by atoms with Gasteiger partial charge in [-0.1, -0.05) is 33.3 Å². The zero-order chi connectivity index (χ0) is 17.3. The third kappa shape index (κ3) is 3.29. The minimum absolute atomic E-state index is 0.0149. The number of esters is 1. The topological polar surface area (TPSA) is 43.4 Å². The number of carbonyl (C=O) groups excluding carboxylic acids is 2. The Morgan fingerprint density at radius 2 is 2.04 bits per heavy atom. The van der Waals surface area contributed by atoms with Crippen LogP contribution in [0.25, 0.3) is 0 Å². The quantitative estimate of drug-likeness (QED) is 0.436. The van der Waals surface area contributed by atoms with Crippen molar-refractivity contribution in [1.82, 2.24) is 0 Å². The van der Waals surface area contributed by atoms with Gasteiger partial charge in [-0.2, -0.15) is 0 Å². The van der Waals surface area contributed by atoms with Gasteiger partial charge < -0.3 is 9.53 Å². The van der Waals surface area contributed by atoms with E-state index in [0.717, 1.165) is 31.1 Å². The summed E-state index contributed by atoms with van der Waals surface area (Å²) in [6.45, 7) is 10.9. The molecule has 1 saturated carbocycles. The molecule has 0 aliphatic heterocycles. The summed E-state index contributed by atoms with van der Waals surface area (Å²) in [5, 5.41) is 0. The average Bonchev–Trinajstić information content (AvgIpc) is 2.46. The molecule has 128 valence electrons. The Bertz CT molecular complexity index is 541. The number of allylic oxidation sites excluding steroid dienone is 3. The Kier molecular flexibility index (Phi) is 5.17. The Hall–Kier alpha value is -1.38. The third-order valence-corrected chi connectivity index (χ3v) is 6.05. The largest absolute Gasteiger partial charge is 0.463 e. The maximum Gasteiger partial charge on any atom is 0.333 e. The van der Waals surface area contributed by atoms with E-state index >= 15 is 0 Å². The van der Waals surface area contributed by atoms with Crippen LogP contribution in [0.3, 0.4) is 0 Å². The smallest absolute Gasteiger partial charge is 0.333 e. The van der Waals surface area contributed by atoms with Crippen molar-refractivity contribution in [1.29, 1.82) is 0 Å². The highest BCUT2D eigenvalue weighted by atomic mass is 16.5. The molecule has 0 bridgehead atoms. The van der Waals surface area contributed by atoms with E-state index in [1.165, 1.54) is 6.42 Å². The van der Waals surface area contributed by atoms with Gasteiger partial charge in [0, 0.05) is 11.5 Å². The molecule has 0 spiro atoms. The van der Waals surface area contributed by atoms with Crippen LogP contribution in [0.5, 0.6) is 0 Å². The molecule has 0 unspecified atom stereocenters. The zero-order valence-corrected chi connectivity index (χ0v) is 15.1. The summed E-state index contributed by atoms with van der Waals surface area (Å²) in [4.78, 5) is 23.8. The van der Waals surface area contributed by atoms with Gasteiger partial charge in [0.1, 0.15) is 6.29 Å². The maximum atomic E-state index is 11.9. The lowest BCUT2D eigenvalue weighted by molar-refractivity contribution is -0.138. The van der Waals surface area contributed by atoms with E-state index < -0.39 is 0 Å². The number of ether oxygens (including phenoxy) is 1. The molecule has 2 rings (SSSR count). The molecule has 0 radical (unpaired) electrons. The van der Waals surface area contributed by atoms with Gasteiger partial charge in [0.2, 0.25) is 0 Å². The molecule has 0 aromatic carbocycles. The van der Waals surface area contributed by atoms with E-state index in [2.05, 4.69) is 26.8 Å². The lowest BCUT2D eigenvalue weighted by atomic mass is 9.49. The fourth-order valence-corrected chi connectivity index (χ4v) is 4.82. The zero-order valence-electron chi connectivity index (χ0n) is 15.1. The molecule has 23 heavy (non-hydrogen) atoms.